The Morgan fingerprint density at radius 3 is 1.51 bits per heavy atom. The van der Waals surface area contributed by atoms with Gasteiger partial charge in [0, 0.05) is 18.6 Å². The number of pyridine rings is 2. The molecule has 0 aliphatic carbocycles. The van der Waals surface area contributed by atoms with Crippen LogP contribution in [0.1, 0.15) is 5.56 Å². The average molecular weight is 782 g/mol. The molecule has 6 aromatic rings. The number of nitrogens with zero attached hydrogens (tertiary/aromatic N) is 3. The molecule has 0 N–H and O–H groups in total. The van der Waals surface area contributed by atoms with Crippen molar-refractivity contribution in [3.63, 3.8) is 0 Å². The van der Waals surface area contributed by atoms with Gasteiger partial charge in [-0.2, -0.15) is 0 Å². The summed E-state index contributed by atoms with van der Waals surface area (Å²) in [7, 11) is 0. The summed E-state index contributed by atoms with van der Waals surface area (Å²) in [5.74, 6) is -0.00261. The van der Waals surface area contributed by atoms with Gasteiger partial charge in [-0.3, -0.25) is 4.99 Å². The molecule has 2 aromatic heterocycles. The molecule has 0 fully saturated rings. The van der Waals surface area contributed by atoms with Crippen molar-refractivity contribution >= 4 is 35.1 Å². The van der Waals surface area contributed by atoms with Crippen LogP contribution in [0.15, 0.2) is 157 Å². The Bertz CT molecular complexity index is 1410. The number of benzene rings is 4. The molecular weight excluding hydrogens is 754 g/mol. The predicted octanol–water partition coefficient (Wildman–Crippen LogP) is 9.03. The number of aliphatic imine (C=N–C) groups is 1. The van der Waals surface area contributed by atoms with E-state index < -0.39 is 0 Å². The molecule has 0 spiro atoms. The second-order valence-electron chi connectivity index (χ2n) is 8.22. The fourth-order valence-electron chi connectivity index (χ4n) is 3.39. The summed E-state index contributed by atoms with van der Waals surface area (Å²) >= 11 is 9.53. The molecule has 2 heterocycles. The van der Waals surface area contributed by atoms with Crippen LogP contribution >= 0.6 is 23.2 Å². The van der Waals surface area contributed by atoms with Crippen molar-refractivity contribution in [2.75, 3.05) is 5.34 Å². The summed E-state index contributed by atoms with van der Waals surface area (Å²) in [6.45, 7) is 0. The SMILES string of the molecule is ClCCl.[Ir+3].[O-]c1ccccc1C=Nc1ccccc1.[c-]1ccccc1-c1ccccn1.[c-]1ccccc1-c1ccccn1. The third-order valence-corrected chi connectivity index (χ3v) is 5.33. The van der Waals surface area contributed by atoms with Gasteiger partial charge in [-0.15, -0.1) is 101 Å². The van der Waals surface area contributed by atoms with Crippen LogP contribution in [0.3, 0.4) is 0 Å². The number of alkyl halides is 2. The normalized spacial score (nSPS) is 9.53. The van der Waals surface area contributed by atoms with E-state index in [1.807, 2.05) is 121 Å². The molecule has 0 aliphatic rings. The van der Waals surface area contributed by atoms with Crippen molar-refractivity contribution in [3.05, 3.63) is 170 Å². The van der Waals surface area contributed by atoms with E-state index in [2.05, 4.69) is 27.1 Å². The van der Waals surface area contributed by atoms with Crippen LogP contribution in [-0.4, -0.2) is 21.5 Å². The molecule has 4 aromatic carbocycles. The van der Waals surface area contributed by atoms with Gasteiger partial charge in [-0.25, -0.2) is 0 Å². The first-order valence-corrected chi connectivity index (χ1v) is 14.0. The number of para-hydroxylation sites is 2. The molecule has 0 atom stereocenters. The summed E-state index contributed by atoms with van der Waals surface area (Å²) in [5.41, 5.74) is 5.48. The fourth-order valence-corrected chi connectivity index (χ4v) is 3.39. The Balaban J connectivity index is 0.000000214. The molecule has 0 amide bonds. The van der Waals surface area contributed by atoms with Gasteiger partial charge in [0.2, 0.25) is 0 Å². The predicted molar refractivity (Wildman–Crippen MR) is 173 cm³/mol. The second kappa shape index (κ2) is 21.6. The van der Waals surface area contributed by atoms with Crippen LogP contribution < -0.4 is 5.11 Å². The van der Waals surface area contributed by atoms with Gasteiger partial charge in [0.1, 0.15) is 0 Å². The Kier molecular flexibility index (Phi) is 17.6. The van der Waals surface area contributed by atoms with Crippen molar-refractivity contribution < 1.29 is 25.2 Å². The maximum Gasteiger partial charge on any atom is 3.00 e. The van der Waals surface area contributed by atoms with Crippen LogP contribution in [0.2, 0.25) is 0 Å². The first-order chi connectivity index (χ1) is 20.7. The smallest absolute Gasteiger partial charge is 0.872 e. The van der Waals surface area contributed by atoms with Gasteiger partial charge in [0.25, 0.3) is 0 Å². The van der Waals surface area contributed by atoms with Gasteiger partial charge in [-0.1, -0.05) is 66.7 Å². The molecule has 216 valence electrons. The molecule has 4 nitrogen and oxygen atoms in total. The molecule has 0 aliphatic heterocycles. The Morgan fingerprint density at radius 1 is 0.605 bits per heavy atom. The van der Waals surface area contributed by atoms with Gasteiger partial charge in [0.15, 0.2) is 0 Å². The van der Waals surface area contributed by atoms with E-state index in [1.165, 1.54) is 6.07 Å². The fraction of sp³-hybridized carbons (Fsp3) is 0.0278. The van der Waals surface area contributed by atoms with Crippen LogP contribution in [0.4, 0.5) is 5.69 Å². The zero-order valence-electron chi connectivity index (χ0n) is 23.1. The van der Waals surface area contributed by atoms with Crippen molar-refractivity contribution in [1.82, 2.24) is 9.97 Å². The molecule has 0 radical (unpaired) electrons. The number of aromatic nitrogens is 2. The minimum absolute atomic E-state index is 0. The summed E-state index contributed by atoms with van der Waals surface area (Å²) < 4.78 is 0. The van der Waals surface area contributed by atoms with Crippen molar-refractivity contribution in [3.8, 4) is 28.3 Å². The average Bonchev–Trinajstić information content (AvgIpc) is 3.07. The molecule has 6 rings (SSSR count). The van der Waals surface area contributed by atoms with E-state index in [4.69, 9.17) is 23.2 Å². The zero-order valence-corrected chi connectivity index (χ0v) is 27.0. The van der Waals surface area contributed by atoms with E-state index >= 15 is 0 Å². The summed E-state index contributed by atoms with van der Waals surface area (Å²) in [6.07, 6.45) is 5.17. The molecule has 0 unspecified atom stereocenters. The monoisotopic (exact) mass is 781 g/mol. The van der Waals surface area contributed by atoms with Crippen LogP contribution in [0.25, 0.3) is 22.5 Å². The van der Waals surface area contributed by atoms with Crippen LogP contribution in [0.5, 0.6) is 5.75 Å². The maximum atomic E-state index is 11.3. The standard InChI is InChI=1S/C13H11NO.2C11H8N.CH2Cl2.Ir/c15-13-9-5-4-6-11(13)10-14-12-7-2-1-3-8-12;2*1-2-6-10(7-3-1)11-8-4-5-9-12-11;2-1-3;/h1-10,15H;2*1-6,8-9H;1H2;/q;2*-1;;+3/p-1. The second-order valence-corrected chi connectivity index (χ2v) is 9.02. The summed E-state index contributed by atoms with van der Waals surface area (Å²) in [4.78, 5) is 12.6. The van der Waals surface area contributed by atoms with E-state index in [9.17, 15) is 5.11 Å². The number of halogens is 2. The van der Waals surface area contributed by atoms with Gasteiger partial charge >= 0.3 is 20.1 Å². The Morgan fingerprint density at radius 2 is 1.07 bits per heavy atom. The van der Waals surface area contributed by atoms with E-state index in [1.54, 1.807) is 30.7 Å². The number of hydrogen-bond donors (Lipinski definition) is 0. The topological polar surface area (TPSA) is 61.2 Å². The van der Waals surface area contributed by atoms with Crippen molar-refractivity contribution in [2.24, 2.45) is 4.99 Å². The van der Waals surface area contributed by atoms with Crippen molar-refractivity contribution in [1.29, 1.82) is 0 Å². The molecular formula is C36H28Cl2IrN3O. The summed E-state index contributed by atoms with van der Waals surface area (Å²) in [6, 6.07) is 50.0. The Hall–Kier alpha value is -4.12. The minimum Gasteiger partial charge on any atom is -0.872 e. The van der Waals surface area contributed by atoms with E-state index in [0.29, 0.717) is 5.56 Å². The molecule has 0 saturated carbocycles. The van der Waals surface area contributed by atoms with Gasteiger partial charge in [0.05, 0.1) is 11.0 Å². The first kappa shape index (κ1) is 35.1. The third kappa shape index (κ3) is 13.6. The summed E-state index contributed by atoms with van der Waals surface area (Å²) in [5, 5.41) is 11.5. The first-order valence-electron chi connectivity index (χ1n) is 12.9. The quantitative estimate of drug-likeness (QED) is 0.102. The van der Waals surface area contributed by atoms with E-state index in [0.717, 1.165) is 28.2 Å². The van der Waals surface area contributed by atoms with Crippen molar-refractivity contribution in [2.45, 2.75) is 0 Å². The number of hydrogen-bond acceptors (Lipinski definition) is 4. The molecule has 0 bridgehead atoms. The zero-order chi connectivity index (χ0) is 29.7. The maximum absolute atomic E-state index is 11.3. The Labute approximate surface area is 277 Å². The minimum atomic E-state index is -0.00261. The third-order valence-electron chi connectivity index (χ3n) is 5.33. The largest absolute Gasteiger partial charge is 3.00 e. The molecule has 7 heteroatoms. The van der Waals surface area contributed by atoms with E-state index in [-0.39, 0.29) is 31.2 Å². The van der Waals surface area contributed by atoms with Crippen LogP contribution in [-0.2, 0) is 20.1 Å². The molecule has 43 heavy (non-hydrogen) atoms. The number of rotatable bonds is 4. The van der Waals surface area contributed by atoms with Crippen LogP contribution in [0, 0.1) is 12.1 Å². The van der Waals surface area contributed by atoms with Gasteiger partial charge in [-0.05, 0) is 41.2 Å². The molecule has 0 saturated heterocycles. The van der Waals surface area contributed by atoms with Gasteiger partial charge < -0.3 is 15.1 Å².